The summed E-state index contributed by atoms with van der Waals surface area (Å²) in [5.41, 5.74) is 2.18. The molecule has 3 aromatic rings. The maximum Gasteiger partial charge on any atom is 0.268 e. The maximum absolute atomic E-state index is 12.5. The highest BCUT2D eigenvalue weighted by Crippen LogP contribution is 2.16. The largest absolute Gasteiger partial charge is 0.356 e. The molecule has 28 heavy (non-hydrogen) atoms. The Balaban J connectivity index is 1.66. The molecule has 1 unspecified atom stereocenters. The summed E-state index contributed by atoms with van der Waals surface area (Å²) in [6.07, 6.45) is 4.91. The van der Waals surface area contributed by atoms with E-state index in [1.54, 1.807) is 6.20 Å². The van der Waals surface area contributed by atoms with Gasteiger partial charge in [0.15, 0.2) is 0 Å². The van der Waals surface area contributed by atoms with Crippen molar-refractivity contribution in [2.45, 2.75) is 24.4 Å². The SMILES string of the molecule is CC(NC(=O)c1cc(S(=O)(=O)N(C)C)c[nH]1)c1cnn(Cc2ccccc2)c1. The molecule has 0 saturated carbocycles. The van der Waals surface area contributed by atoms with Crippen LogP contribution >= 0.6 is 0 Å². The molecule has 0 radical (unpaired) electrons. The fourth-order valence-corrected chi connectivity index (χ4v) is 3.58. The lowest BCUT2D eigenvalue weighted by molar-refractivity contribution is 0.0935. The van der Waals surface area contributed by atoms with Gasteiger partial charge in [0.2, 0.25) is 10.0 Å². The Morgan fingerprint density at radius 2 is 2.00 bits per heavy atom. The highest BCUT2D eigenvalue weighted by atomic mass is 32.2. The van der Waals surface area contributed by atoms with E-state index in [-0.39, 0.29) is 22.5 Å². The van der Waals surface area contributed by atoms with Gasteiger partial charge in [-0.1, -0.05) is 30.3 Å². The molecule has 0 aliphatic rings. The molecule has 0 aliphatic heterocycles. The van der Waals surface area contributed by atoms with E-state index >= 15 is 0 Å². The second-order valence-corrected chi connectivity index (χ2v) is 8.84. The van der Waals surface area contributed by atoms with Crippen molar-refractivity contribution in [2.75, 3.05) is 14.1 Å². The minimum atomic E-state index is -3.59. The van der Waals surface area contributed by atoms with Crippen LogP contribution in [0.5, 0.6) is 0 Å². The third kappa shape index (κ3) is 4.32. The molecule has 3 rings (SSSR count). The summed E-state index contributed by atoms with van der Waals surface area (Å²) < 4.78 is 27.2. The molecule has 0 bridgehead atoms. The van der Waals surface area contributed by atoms with Crippen LogP contribution in [0.1, 0.15) is 34.6 Å². The highest BCUT2D eigenvalue weighted by molar-refractivity contribution is 7.89. The monoisotopic (exact) mass is 401 g/mol. The zero-order valence-electron chi connectivity index (χ0n) is 16.0. The van der Waals surface area contributed by atoms with Crippen LogP contribution in [-0.4, -0.2) is 47.5 Å². The van der Waals surface area contributed by atoms with Gasteiger partial charge in [0.25, 0.3) is 5.91 Å². The molecule has 1 aromatic carbocycles. The molecule has 0 spiro atoms. The van der Waals surface area contributed by atoms with E-state index in [1.165, 1.54) is 26.4 Å². The quantitative estimate of drug-likeness (QED) is 0.632. The van der Waals surface area contributed by atoms with Crippen molar-refractivity contribution in [3.05, 3.63) is 71.8 Å². The fraction of sp³-hybridized carbons (Fsp3) is 0.263. The standard InChI is InChI=1S/C19H23N5O3S/c1-14(16-10-21-24(13-16)12-15-7-5-4-6-8-15)22-19(25)18-9-17(11-20-18)28(26,27)23(2)3/h4-11,13-14,20H,12H2,1-3H3,(H,22,25). The number of hydrogen-bond acceptors (Lipinski definition) is 4. The number of sulfonamides is 1. The molecular weight excluding hydrogens is 378 g/mol. The minimum absolute atomic E-state index is 0.0472. The van der Waals surface area contributed by atoms with E-state index in [1.807, 2.05) is 48.1 Å². The molecular formula is C19H23N5O3S. The van der Waals surface area contributed by atoms with E-state index in [2.05, 4.69) is 15.4 Å². The molecule has 2 aromatic heterocycles. The normalized spacial score (nSPS) is 12.9. The second kappa shape index (κ2) is 7.99. The van der Waals surface area contributed by atoms with Crippen LogP contribution in [0.4, 0.5) is 0 Å². The van der Waals surface area contributed by atoms with Crippen molar-refractivity contribution >= 4 is 15.9 Å². The van der Waals surface area contributed by atoms with Gasteiger partial charge >= 0.3 is 0 Å². The van der Waals surface area contributed by atoms with Crippen molar-refractivity contribution in [1.82, 2.24) is 24.4 Å². The van der Waals surface area contributed by atoms with Crippen LogP contribution in [0.2, 0.25) is 0 Å². The predicted molar refractivity (Wildman–Crippen MR) is 105 cm³/mol. The first-order chi connectivity index (χ1) is 13.3. The predicted octanol–water partition coefficient (Wildman–Crippen LogP) is 2.00. The fourth-order valence-electron chi connectivity index (χ4n) is 2.68. The number of H-pyrrole nitrogens is 1. The van der Waals surface area contributed by atoms with E-state index in [0.29, 0.717) is 6.54 Å². The number of rotatable bonds is 7. The summed E-state index contributed by atoms with van der Waals surface area (Å²) >= 11 is 0. The van der Waals surface area contributed by atoms with E-state index in [0.717, 1.165) is 15.4 Å². The van der Waals surface area contributed by atoms with Gasteiger partial charge in [-0.2, -0.15) is 5.10 Å². The first kappa shape index (κ1) is 19.8. The first-order valence-corrected chi connectivity index (χ1v) is 10.2. The number of carbonyl (C=O) groups excluding carboxylic acids is 1. The van der Waals surface area contributed by atoms with E-state index in [9.17, 15) is 13.2 Å². The van der Waals surface area contributed by atoms with E-state index in [4.69, 9.17) is 0 Å². The van der Waals surface area contributed by atoms with Gasteiger partial charge in [0, 0.05) is 32.1 Å². The Morgan fingerprint density at radius 1 is 1.29 bits per heavy atom. The number of carbonyl (C=O) groups is 1. The third-order valence-corrected chi connectivity index (χ3v) is 6.16. The molecule has 8 nitrogen and oxygen atoms in total. The third-order valence-electron chi connectivity index (χ3n) is 4.37. The molecule has 2 heterocycles. The van der Waals surface area contributed by atoms with Crippen molar-refractivity contribution in [2.24, 2.45) is 0 Å². The summed E-state index contributed by atoms with van der Waals surface area (Å²) in [7, 11) is -0.704. The van der Waals surface area contributed by atoms with Gasteiger partial charge in [-0.25, -0.2) is 12.7 Å². The number of hydrogen-bond donors (Lipinski definition) is 2. The van der Waals surface area contributed by atoms with Gasteiger partial charge in [-0.15, -0.1) is 0 Å². The Morgan fingerprint density at radius 3 is 2.68 bits per heavy atom. The van der Waals surface area contributed by atoms with Gasteiger partial charge in [0.05, 0.1) is 18.8 Å². The maximum atomic E-state index is 12.5. The summed E-state index contributed by atoms with van der Waals surface area (Å²) in [6, 6.07) is 11.0. The number of amides is 1. The first-order valence-electron chi connectivity index (χ1n) is 8.75. The van der Waals surface area contributed by atoms with Crippen molar-refractivity contribution in [3.63, 3.8) is 0 Å². The van der Waals surface area contributed by atoms with E-state index < -0.39 is 10.0 Å². The minimum Gasteiger partial charge on any atom is -0.356 e. The molecule has 1 amide bonds. The molecule has 0 fully saturated rings. The van der Waals surface area contributed by atoms with Crippen molar-refractivity contribution < 1.29 is 13.2 Å². The van der Waals surface area contributed by atoms with Crippen LogP contribution in [0, 0.1) is 0 Å². The van der Waals surface area contributed by atoms with Gasteiger partial charge < -0.3 is 10.3 Å². The molecule has 0 saturated heterocycles. The highest BCUT2D eigenvalue weighted by Gasteiger charge is 2.21. The molecule has 2 N–H and O–H groups in total. The average molecular weight is 401 g/mol. The number of benzene rings is 1. The zero-order chi connectivity index (χ0) is 20.3. The number of aromatic amines is 1. The number of nitrogens with zero attached hydrogens (tertiary/aromatic N) is 3. The average Bonchev–Trinajstić information content (AvgIpc) is 3.32. The smallest absolute Gasteiger partial charge is 0.268 e. The number of nitrogens with one attached hydrogen (secondary N) is 2. The van der Waals surface area contributed by atoms with Crippen LogP contribution in [0.25, 0.3) is 0 Å². The lowest BCUT2D eigenvalue weighted by atomic mass is 10.2. The number of aromatic nitrogens is 3. The van der Waals surface area contributed by atoms with Crippen LogP contribution in [0.3, 0.4) is 0 Å². The van der Waals surface area contributed by atoms with Crippen LogP contribution in [0.15, 0.2) is 59.9 Å². The molecule has 148 valence electrons. The Hall–Kier alpha value is -2.91. The van der Waals surface area contributed by atoms with Crippen LogP contribution < -0.4 is 5.32 Å². The summed E-state index contributed by atoms with van der Waals surface area (Å²) in [4.78, 5) is 15.2. The summed E-state index contributed by atoms with van der Waals surface area (Å²) in [6.45, 7) is 2.49. The van der Waals surface area contributed by atoms with Crippen molar-refractivity contribution in [1.29, 1.82) is 0 Å². The van der Waals surface area contributed by atoms with Gasteiger partial charge in [0.1, 0.15) is 10.6 Å². The van der Waals surface area contributed by atoms with Crippen molar-refractivity contribution in [3.8, 4) is 0 Å². The van der Waals surface area contributed by atoms with Gasteiger partial charge in [-0.05, 0) is 18.6 Å². The molecule has 1 atom stereocenters. The summed E-state index contributed by atoms with van der Waals surface area (Å²) in [5, 5.41) is 7.19. The Kier molecular flexibility index (Phi) is 5.66. The Labute approximate surface area is 164 Å². The topological polar surface area (TPSA) is 100 Å². The Bertz CT molecular complexity index is 1050. The lowest BCUT2D eigenvalue weighted by Gasteiger charge is -2.11. The van der Waals surface area contributed by atoms with Crippen LogP contribution in [-0.2, 0) is 16.6 Å². The lowest BCUT2D eigenvalue weighted by Crippen LogP contribution is -2.26. The second-order valence-electron chi connectivity index (χ2n) is 6.69. The molecule has 0 aliphatic carbocycles. The summed E-state index contributed by atoms with van der Waals surface area (Å²) in [5.74, 6) is -0.386. The molecule has 9 heteroatoms. The van der Waals surface area contributed by atoms with Gasteiger partial charge in [-0.3, -0.25) is 9.48 Å². The zero-order valence-corrected chi connectivity index (χ0v) is 16.8.